The fourth-order valence-electron chi connectivity index (χ4n) is 5.86. The third-order valence-corrected chi connectivity index (χ3v) is 8.84. The number of piperazine rings is 1. The van der Waals surface area contributed by atoms with Crippen molar-refractivity contribution in [1.29, 1.82) is 0 Å². The van der Waals surface area contributed by atoms with E-state index in [2.05, 4.69) is 34.1 Å². The first-order valence-electron chi connectivity index (χ1n) is 13.1. The number of carbonyl (C=O) groups is 1. The van der Waals surface area contributed by atoms with Crippen LogP contribution in [-0.4, -0.2) is 47.8 Å². The molecule has 4 aromatic rings. The van der Waals surface area contributed by atoms with Gasteiger partial charge in [-0.05, 0) is 73.4 Å². The number of carbonyl (C=O) groups excluding carboxylic acids is 1. The molecule has 0 atom stereocenters. The molecule has 0 unspecified atom stereocenters. The molecule has 35 heavy (non-hydrogen) atoms. The second kappa shape index (κ2) is 10.1. The minimum absolute atomic E-state index is 0.162. The van der Waals surface area contributed by atoms with Gasteiger partial charge in [-0.3, -0.25) is 9.69 Å². The number of hydrogen-bond donors (Lipinski definition) is 0. The minimum Gasteiger partial charge on any atom is -0.453 e. The largest absolute Gasteiger partial charge is 0.453 e. The standard InChI is InChI=1S/C29H33N3O2S/c33-25(27-20-23-5-1-3-7-26(23)34-27)19-22-11-9-21(10-12-22)13-14-31-15-17-32(18-16-31)29-24-6-2-4-8-28(24)35-30-29/h1-8,20-22H,9-19H2. The van der Waals surface area contributed by atoms with Gasteiger partial charge in [0.25, 0.3) is 0 Å². The van der Waals surface area contributed by atoms with Crippen molar-refractivity contribution in [3.63, 3.8) is 0 Å². The summed E-state index contributed by atoms with van der Waals surface area (Å²) in [5.41, 5.74) is 0.806. The van der Waals surface area contributed by atoms with Crippen molar-refractivity contribution in [1.82, 2.24) is 9.27 Å². The number of fused-ring (bicyclic) bond motifs is 2. The van der Waals surface area contributed by atoms with Crippen molar-refractivity contribution < 1.29 is 9.21 Å². The highest BCUT2D eigenvalue weighted by Crippen LogP contribution is 2.34. The van der Waals surface area contributed by atoms with E-state index < -0.39 is 0 Å². The first-order valence-corrected chi connectivity index (χ1v) is 13.8. The minimum atomic E-state index is 0.162. The molecule has 6 rings (SSSR count). The smallest absolute Gasteiger partial charge is 0.198 e. The van der Waals surface area contributed by atoms with Gasteiger partial charge in [-0.1, -0.05) is 43.2 Å². The maximum atomic E-state index is 12.8. The van der Waals surface area contributed by atoms with Crippen LogP contribution in [0, 0.1) is 11.8 Å². The Morgan fingerprint density at radius 1 is 0.943 bits per heavy atom. The molecule has 0 spiro atoms. The quantitative estimate of drug-likeness (QED) is 0.274. The van der Waals surface area contributed by atoms with E-state index in [0.29, 0.717) is 18.1 Å². The zero-order chi connectivity index (χ0) is 23.6. The molecule has 1 aliphatic carbocycles. The van der Waals surface area contributed by atoms with Gasteiger partial charge < -0.3 is 9.32 Å². The van der Waals surface area contributed by atoms with Crippen LogP contribution in [0.15, 0.2) is 59.0 Å². The molecule has 0 bridgehead atoms. The average Bonchev–Trinajstić information content (AvgIpc) is 3.53. The number of Topliss-reactive ketones (excluding diaryl/α,β-unsaturated/α-hetero) is 1. The topological polar surface area (TPSA) is 49.6 Å². The molecule has 182 valence electrons. The number of hydrogen-bond acceptors (Lipinski definition) is 6. The van der Waals surface area contributed by atoms with Gasteiger partial charge in [-0.15, -0.1) is 0 Å². The van der Waals surface area contributed by atoms with E-state index in [9.17, 15) is 4.79 Å². The first kappa shape index (κ1) is 22.7. The Morgan fingerprint density at radius 3 is 2.51 bits per heavy atom. The van der Waals surface area contributed by atoms with Crippen LogP contribution in [0.5, 0.6) is 0 Å². The van der Waals surface area contributed by atoms with Gasteiger partial charge in [0.2, 0.25) is 0 Å². The highest BCUT2D eigenvalue weighted by molar-refractivity contribution is 7.13. The van der Waals surface area contributed by atoms with Crippen LogP contribution in [0.1, 0.15) is 49.1 Å². The molecule has 0 radical (unpaired) electrons. The van der Waals surface area contributed by atoms with Crippen LogP contribution >= 0.6 is 11.5 Å². The summed E-state index contributed by atoms with van der Waals surface area (Å²) in [7, 11) is 0. The Balaban J connectivity index is 0.930. The number of benzene rings is 2. The fraction of sp³-hybridized carbons (Fsp3) is 0.448. The maximum Gasteiger partial charge on any atom is 0.198 e. The molecular formula is C29H33N3O2S. The zero-order valence-electron chi connectivity index (χ0n) is 20.2. The van der Waals surface area contributed by atoms with Crippen LogP contribution in [0.2, 0.25) is 0 Å². The van der Waals surface area contributed by atoms with Gasteiger partial charge in [-0.2, -0.15) is 4.37 Å². The van der Waals surface area contributed by atoms with Crippen molar-refractivity contribution in [2.24, 2.45) is 11.8 Å². The van der Waals surface area contributed by atoms with E-state index in [-0.39, 0.29) is 5.78 Å². The Hall–Kier alpha value is -2.70. The zero-order valence-corrected chi connectivity index (χ0v) is 21.0. The molecule has 3 heterocycles. The van der Waals surface area contributed by atoms with Crippen molar-refractivity contribution in [2.45, 2.75) is 38.5 Å². The summed E-state index contributed by atoms with van der Waals surface area (Å²) in [5, 5.41) is 2.31. The molecule has 1 saturated heterocycles. The second-order valence-electron chi connectivity index (χ2n) is 10.3. The summed E-state index contributed by atoms with van der Waals surface area (Å²) in [6.45, 7) is 5.55. The van der Waals surface area contributed by atoms with Crippen molar-refractivity contribution in [2.75, 3.05) is 37.6 Å². The van der Waals surface area contributed by atoms with E-state index in [4.69, 9.17) is 8.79 Å². The third kappa shape index (κ3) is 5.00. The van der Waals surface area contributed by atoms with E-state index in [0.717, 1.165) is 43.1 Å². The van der Waals surface area contributed by atoms with E-state index in [1.165, 1.54) is 54.6 Å². The average molecular weight is 488 g/mol. The van der Waals surface area contributed by atoms with Gasteiger partial charge in [0, 0.05) is 43.4 Å². The lowest BCUT2D eigenvalue weighted by Gasteiger charge is -2.36. The van der Waals surface area contributed by atoms with Gasteiger partial charge in [-0.25, -0.2) is 0 Å². The predicted octanol–water partition coefficient (Wildman–Crippen LogP) is 6.63. The first-order chi connectivity index (χ1) is 17.2. The van der Waals surface area contributed by atoms with Crippen molar-refractivity contribution in [3.8, 4) is 0 Å². The molecule has 1 saturated carbocycles. The maximum absolute atomic E-state index is 12.8. The van der Waals surface area contributed by atoms with E-state index >= 15 is 0 Å². The third-order valence-electron chi connectivity index (χ3n) is 8.02. The summed E-state index contributed by atoms with van der Waals surface area (Å²) in [5.74, 6) is 3.16. The molecule has 2 aliphatic rings. The Morgan fingerprint density at radius 2 is 1.69 bits per heavy atom. The Kier molecular flexibility index (Phi) is 6.57. The van der Waals surface area contributed by atoms with Gasteiger partial charge in [0.1, 0.15) is 11.4 Å². The number of ketones is 1. The molecule has 2 aromatic heterocycles. The van der Waals surface area contributed by atoms with Crippen LogP contribution in [0.25, 0.3) is 21.1 Å². The highest BCUT2D eigenvalue weighted by atomic mass is 32.1. The molecule has 1 aliphatic heterocycles. The highest BCUT2D eigenvalue weighted by Gasteiger charge is 2.26. The molecular weight excluding hydrogens is 454 g/mol. The number of furan rings is 1. The lowest BCUT2D eigenvalue weighted by atomic mass is 9.78. The van der Waals surface area contributed by atoms with Gasteiger partial charge in [0.15, 0.2) is 11.5 Å². The molecule has 6 heteroatoms. The van der Waals surface area contributed by atoms with Crippen LogP contribution in [0.4, 0.5) is 5.82 Å². The van der Waals surface area contributed by atoms with Crippen LogP contribution < -0.4 is 4.90 Å². The number of anilines is 1. The monoisotopic (exact) mass is 487 g/mol. The van der Waals surface area contributed by atoms with Crippen LogP contribution in [0.3, 0.4) is 0 Å². The Labute approximate surface area is 210 Å². The number of rotatable bonds is 7. The number of nitrogens with zero attached hydrogens (tertiary/aromatic N) is 3. The summed E-state index contributed by atoms with van der Waals surface area (Å²) < 4.78 is 11.8. The Bertz CT molecular complexity index is 1260. The summed E-state index contributed by atoms with van der Waals surface area (Å²) in [4.78, 5) is 17.9. The number of para-hydroxylation sites is 1. The van der Waals surface area contributed by atoms with Crippen molar-refractivity contribution in [3.05, 3.63) is 60.4 Å². The van der Waals surface area contributed by atoms with E-state index in [1.807, 2.05) is 30.3 Å². The lowest BCUT2D eigenvalue weighted by Crippen LogP contribution is -2.47. The summed E-state index contributed by atoms with van der Waals surface area (Å²) in [6.07, 6.45) is 6.75. The molecule has 5 nitrogen and oxygen atoms in total. The second-order valence-corrected chi connectivity index (χ2v) is 11.1. The van der Waals surface area contributed by atoms with E-state index in [1.54, 1.807) is 11.5 Å². The van der Waals surface area contributed by atoms with Gasteiger partial charge in [0.05, 0.1) is 4.70 Å². The van der Waals surface area contributed by atoms with Crippen LogP contribution in [-0.2, 0) is 0 Å². The SMILES string of the molecule is O=C(CC1CCC(CCN2CCN(c3nsc4ccccc34)CC2)CC1)c1cc2ccccc2o1. The lowest BCUT2D eigenvalue weighted by molar-refractivity contribution is 0.0915. The molecule has 2 fully saturated rings. The normalized spacial score (nSPS) is 21.7. The molecule has 0 amide bonds. The van der Waals surface area contributed by atoms with Crippen molar-refractivity contribution >= 4 is 44.2 Å². The number of aromatic nitrogens is 1. The predicted molar refractivity (Wildman–Crippen MR) is 143 cm³/mol. The summed E-state index contributed by atoms with van der Waals surface area (Å²) in [6, 6.07) is 18.3. The fourth-order valence-corrected chi connectivity index (χ4v) is 6.65. The van der Waals surface area contributed by atoms with Gasteiger partial charge >= 0.3 is 0 Å². The molecule has 0 N–H and O–H groups in total. The summed E-state index contributed by atoms with van der Waals surface area (Å²) >= 11 is 1.61. The molecule has 2 aromatic carbocycles.